The summed E-state index contributed by atoms with van der Waals surface area (Å²) < 4.78 is 62.4. The first-order valence-electron chi connectivity index (χ1n) is 47.2. The van der Waals surface area contributed by atoms with Crippen molar-refractivity contribution in [2.75, 3.05) is 40.3 Å². The first kappa shape index (κ1) is 97.8. The van der Waals surface area contributed by atoms with Gasteiger partial charge in [0.2, 0.25) is 0 Å². The Kier molecular flexibility index (Phi) is 28.7. The van der Waals surface area contributed by atoms with Crippen LogP contribution in [0.15, 0.2) is 244 Å². The van der Waals surface area contributed by atoms with Crippen LogP contribution in [-0.2, 0) is 0 Å². The molecule has 24 nitrogen and oxygen atoms in total. The highest BCUT2D eigenvalue weighted by Crippen LogP contribution is 2.42. The molecule has 0 bridgehead atoms. The number of hydrogen-bond acceptors (Lipinski definition) is 16. The zero-order chi connectivity index (χ0) is 98.7. The van der Waals surface area contributed by atoms with Gasteiger partial charge in [-0.3, -0.25) is 57.7 Å². The summed E-state index contributed by atoms with van der Waals surface area (Å²) in [5.41, 5.74) is 20.5. The molecule has 139 heavy (non-hydrogen) atoms. The van der Waals surface area contributed by atoms with E-state index in [0.717, 1.165) is 152 Å². The normalized spacial score (nSPS) is 15.6. The molecule has 4 aromatic carbocycles. The fourth-order valence-corrected chi connectivity index (χ4v) is 19.6. The minimum atomic E-state index is -0.257. The van der Waals surface area contributed by atoms with E-state index in [9.17, 15) is 36.7 Å². The van der Waals surface area contributed by atoms with Gasteiger partial charge in [-0.15, -0.1) is 0 Å². The van der Waals surface area contributed by atoms with E-state index < -0.39 is 0 Å². The predicted molar refractivity (Wildman–Crippen MR) is 538 cm³/mol. The lowest BCUT2D eigenvalue weighted by Gasteiger charge is -2.53. The van der Waals surface area contributed by atoms with Crippen molar-refractivity contribution in [3.05, 3.63) is 312 Å². The number of likely N-dealkylation sites (tertiary alicyclic amines) is 3. The van der Waals surface area contributed by atoms with Gasteiger partial charge in [0.1, 0.15) is 46.0 Å². The van der Waals surface area contributed by atoms with E-state index in [0.29, 0.717) is 75.1 Å². The van der Waals surface area contributed by atoms with E-state index in [-0.39, 0.29) is 93.8 Å². The minimum absolute atomic E-state index is 0.0181. The molecule has 716 valence electrons. The maximum absolute atomic E-state index is 13.9. The highest BCUT2D eigenvalue weighted by atomic mass is 19.1. The first-order chi connectivity index (χ1) is 66.4. The summed E-state index contributed by atoms with van der Waals surface area (Å²) >= 11 is 0. The van der Waals surface area contributed by atoms with Gasteiger partial charge in [-0.1, -0.05) is 24.3 Å². The van der Waals surface area contributed by atoms with E-state index in [4.69, 9.17) is 5.11 Å². The van der Waals surface area contributed by atoms with Crippen molar-refractivity contribution in [3.8, 4) is 89.5 Å². The number of imidazole rings is 2. The zero-order valence-corrected chi connectivity index (χ0v) is 81.5. The largest absolute Gasteiger partial charge is 0.396 e. The number of benzene rings is 4. The van der Waals surface area contributed by atoms with Crippen molar-refractivity contribution in [1.82, 2.24) is 93.9 Å². The molecule has 5 N–H and O–H groups in total. The van der Waals surface area contributed by atoms with Gasteiger partial charge in [-0.05, 0) is 335 Å². The molecule has 0 atom stereocenters. The van der Waals surface area contributed by atoms with Gasteiger partial charge in [0.05, 0.1) is 69.7 Å². The van der Waals surface area contributed by atoms with E-state index >= 15 is 0 Å². The fraction of sp³-hybridized carbons (Fsp3) is 0.315. The van der Waals surface area contributed by atoms with Crippen molar-refractivity contribution in [2.45, 2.75) is 188 Å². The third-order valence-electron chi connectivity index (χ3n) is 27.7. The highest BCUT2D eigenvalue weighted by Gasteiger charge is 2.45. The smallest absolute Gasteiger partial charge is 0.270 e. The summed E-state index contributed by atoms with van der Waals surface area (Å²) in [6, 6.07) is 51.7. The number of carbonyl (C=O) groups excluding carboxylic acids is 4. The molecule has 0 radical (unpaired) electrons. The number of aliphatic hydroxyl groups is 1. The number of nitrogens with one attached hydrogen (secondary N) is 4. The van der Waals surface area contributed by atoms with Crippen LogP contribution in [0.5, 0.6) is 0 Å². The fourth-order valence-electron chi connectivity index (χ4n) is 19.6. The molecule has 3 fully saturated rings. The van der Waals surface area contributed by atoms with Crippen LogP contribution in [0.1, 0.15) is 178 Å². The molecular formula is C111H119F4N19O5. The summed E-state index contributed by atoms with van der Waals surface area (Å²) in [7, 11) is 4.31. The summed E-state index contributed by atoms with van der Waals surface area (Å²) in [4.78, 5) is 87.0. The number of amides is 4. The summed E-state index contributed by atoms with van der Waals surface area (Å²) in [5, 5.41) is 30.3. The molecule has 3 aliphatic rings. The van der Waals surface area contributed by atoms with Crippen LogP contribution in [0, 0.1) is 51.0 Å². The molecule has 0 aliphatic carbocycles. The number of rotatable bonds is 19. The number of piperidine rings is 3. The summed E-state index contributed by atoms with van der Waals surface area (Å²) in [5.74, 6) is -1.58. The van der Waals surface area contributed by atoms with Gasteiger partial charge in [0, 0.05) is 178 Å². The van der Waals surface area contributed by atoms with Gasteiger partial charge in [-0.2, -0.15) is 10.2 Å². The Morgan fingerprint density at radius 2 is 0.734 bits per heavy atom. The zero-order valence-electron chi connectivity index (χ0n) is 81.5. The quantitative estimate of drug-likeness (QED) is 0.0372. The first-order valence-corrected chi connectivity index (χ1v) is 47.2. The average Bonchev–Trinajstić information content (AvgIpc) is 1.77. The van der Waals surface area contributed by atoms with Crippen molar-refractivity contribution in [2.24, 2.45) is 0 Å². The van der Waals surface area contributed by atoms with Gasteiger partial charge >= 0.3 is 0 Å². The molecule has 15 heterocycles. The van der Waals surface area contributed by atoms with Crippen molar-refractivity contribution < 1.29 is 41.8 Å². The van der Waals surface area contributed by atoms with E-state index in [2.05, 4.69) is 159 Å². The van der Waals surface area contributed by atoms with Gasteiger partial charge < -0.3 is 31.3 Å². The number of carbonyl (C=O) groups is 4. The second-order valence-corrected chi connectivity index (χ2v) is 39.4. The Morgan fingerprint density at radius 1 is 0.403 bits per heavy atom. The van der Waals surface area contributed by atoms with Gasteiger partial charge in [0.25, 0.3) is 23.6 Å². The molecule has 0 unspecified atom stereocenters. The number of fused-ring (bicyclic) bond motifs is 4. The molecular weight excluding hydrogens is 1760 g/mol. The molecule has 3 aliphatic heterocycles. The van der Waals surface area contributed by atoms with E-state index in [1.807, 2.05) is 138 Å². The molecule has 0 saturated carbocycles. The monoisotopic (exact) mass is 1870 g/mol. The van der Waals surface area contributed by atoms with Crippen LogP contribution in [0.3, 0.4) is 0 Å². The Labute approximate surface area is 807 Å². The van der Waals surface area contributed by atoms with Crippen LogP contribution in [-0.4, -0.2) is 188 Å². The van der Waals surface area contributed by atoms with Crippen LogP contribution in [0.2, 0.25) is 0 Å². The number of aromatic nitrogens is 12. The highest BCUT2D eigenvalue weighted by molar-refractivity contribution is 6.03. The lowest BCUT2D eigenvalue weighted by atomic mass is 9.77. The Morgan fingerprint density at radius 3 is 1.08 bits per heavy atom. The van der Waals surface area contributed by atoms with Crippen LogP contribution >= 0.6 is 0 Å². The number of nitrogens with zero attached hydrogens (tertiary/aromatic N) is 15. The SMILES string of the molecule is Cc1cc(-c2ncccc2-c2ccc3ncc(C(=O)NC4CC(C)(C)N(C)C(C)(C)C4)n3c2)ccc1F.Cc1cc(-c2ncccc2-c2ccc3ncc(C(=O)NCCCO)n3c2)ccc1F.Cc1cc(-c2ncccc2-c2ccn3ncc(C(=O)NC4CC(C)(C)N(C)C(C)(C)C4)c3c2)ccc1F.Cc1cc(-c2ncccc2-c2ccn3ncc(C(=O)NC4CCN(C(C)C)CC4)c3c2)ccc1F. The molecule has 0 spiro atoms. The van der Waals surface area contributed by atoms with Crippen LogP contribution in [0.25, 0.3) is 112 Å². The third kappa shape index (κ3) is 21.4. The lowest BCUT2D eigenvalue weighted by Crippen LogP contribution is -2.62. The number of halogens is 4. The summed E-state index contributed by atoms with van der Waals surface area (Å²) in [6.07, 6.45) is 26.7. The predicted octanol–water partition coefficient (Wildman–Crippen LogP) is 20.5. The molecule has 4 amide bonds. The number of hydrogen-bond donors (Lipinski definition) is 5. The summed E-state index contributed by atoms with van der Waals surface area (Å²) in [6.45, 7) is 31.6. The molecule has 3 saturated heterocycles. The van der Waals surface area contributed by atoms with Crippen LogP contribution < -0.4 is 21.3 Å². The number of aliphatic hydroxyl groups excluding tert-OH is 1. The Hall–Kier alpha value is -14.3. The third-order valence-corrected chi connectivity index (χ3v) is 27.7. The number of pyridine rings is 8. The van der Waals surface area contributed by atoms with E-state index in [1.54, 1.807) is 121 Å². The van der Waals surface area contributed by atoms with Gasteiger partial charge in [-0.25, -0.2) is 36.6 Å². The number of aryl methyl sites for hydroxylation is 4. The lowest BCUT2D eigenvalue weighted by molar-refractivity contribution is -0.0173. The van der Waals surface area contributed by atoms with E-state index in [1.165, 1.54) is 30.5 Å². The Bertz CT molecular complexity index is 7010. The molecule has 12 aromatic heterocycles. The molecule has 16 aromatic rings. The Balaban J connectivity index is 0.000000134. The van der Waals surface area contributed by atoms with Crippen molar-refractivity contribution in [3.63, 3.8) is 0 Å². The molecule has 28 heteroatoms. The van der Waals surface area contributed by atoms with Gasteiger partial charge in [0.15, 0.2) is 0 Å². The minimum Gasteiger partial charge on any atom is -0.396 e. The van der Waals surface area contributed by atoms with Crippen LogP contribution in [0.4, 0.5) is 17.6 Å². The second-order valence-electron chi connectivity index (χ2n) is 39.4. The second kappa shape index (κ2) is 40.8. The molecule has 19 rings (SSSR count). The average molecular weight is 1880 g/mol. The maximum atomic E-state index is 13.9. The topological polar surface area (TPSA) is 267 Å². The van der Waals surface area contributed by atoms with Crippen molar-refractivity contribution >= 4 is 46.0 Å². The maximum Gasteiger partial charge on any atom is 0.270 e. The standard InChI is InChI=1S/2C30H34FN5O.C28H30FN5O.C23H21FN4O2/c1-19-14-20(9-11-24(19)31)27-23(8-7-13-32-27)21-10-12-26-33-17-25(36(26)18-21)28(37)34-22-15-29(2,3)35(6)30(4,5)16-22;1-19-14-21(9-10-25(19)31)27-23(8-7-12-32-27)20-11-13-36-26(15-20)24(18-33-36)28(37)34-22-16-29(2,3)35(6)30(4,5)17-22;1-18(2)33-12-9-22(10-13-33)32-28(35)24-17-31-34-14-8-20(16-26(24)34)23-5-4-11-30-27(23)21-6-7-25(29)19(3)15-21;1-15-12-16(5-7-19(15)24)22-18(4-2-9-25-22)17-6-8-21-27-13-20(28(21)14-17)23(30)26-10-3-11-29/h7-14,17-18,22H,15-16H2,1-6H3,(H,34,37);7-15,18,22H,16-17H2,1-6H3,(H,34,37);4-8,11,14-18,22H,9-10,12-13H2,1-3H3,(H,32,35);2,4-9,12-14,29H,3,10-11H2,1H3,(H,26,30). The van der Waals surface area contributed by atoms with Crippen molar-refractivity contribution in [1.29, 1.82) is 0 Å².